The van der Waals surface area contributed by atoms with Crippen LogP contribution in [0.4, 0.5) is 5.13 Å². The fourth-order valence-electron chi connectivity index (χ4n) is 1.73. The molecule has 2 aromatic rings. The lowest BCUT2D eigenvalue weighted by Gasteiger charge is -2.07. The molecule has 6 nitrogen and oxygen atoms in total. The zero-order valence-corrected chi connectivity index (χ0v) is 14.2. The van der Waals surface area contributed by atoms with Crippen LogP contribution in [-0.4, -0.2) is 30.6 Å². The van der Waals surface area contributed by atoms with Crippen molar-refractivity contribution in [3.63, 3.8) is 0 Å². The smallest absolute Gasteiger partial charge is 0.350 e. The molecule has 1 aromatic heterocycles. The molecule has 0 atom stereocenters. The Labute approximate surface area is 142 Å². The first-order valence-corrected chi connectivity index (χ1v) is 7.93. The minimum atomic E-state index is -0.470. The van der Waals surface area contributed by atoms with E-state index in [1.165, 1.54) is 7.11 Å². The van der Waals surface area contributed by atoms with Gasteiger partial charge in [-0.2, -0.15) is 0 Å². The number of anilines is 1. The van der Waals surface area contributed by atoms with E-state index in [2.05, 4.69) is 15.0 Å². The minimum Gasteiger partial charge on any atom is -0.491 e. The quantitative estimate of drug-likeness (QED) is 0.805. The van der Waals surface area contributed by atoms with Crippen LogP contribution in [0.5, 0.6) is 5.75 Å². The summed E-state index contributed by atoms with van der Waals surface area (Å²) in [6.45, 7) is 1.86. The van der Waals surface area contributed by atoms with E-state index in [0.717, 1.165) is 11.3 Å². The number of aryl methyl sites for hydroxylation is 1. The van der Waals surface area contributed by atoms with Crippen molar-refractivity contribution in [1.82, 2.24) is 4.98 Å². The summed E-state index contributed by atoms with van der Waals surface area (Å²) in [6, 6.07) is 7.04. The Bertz CT molecular complexity index is 717. The number of hydrogen-bond donors (Lipinski definition) is 1. The van der Waals surface area contributed by atoms with E-state index in [1.54, 1.807) is 31.2 Å². The molecule has 1 amide bonds. The topological polar surface area (TPSA) is 77.5 Å². The van der Waals surface area contributed by atoms with Crippen LogP contribution in [0.1, 0.15) is 21.8 Å². The summed E-state index contributed by atoms with van der Waals surface area (Å²) in [7, 11) is 1.30. The Hall–Kier alpha value is -2.12. The number of amides is 1. The number of methoxy groups -OCH3 is 1. The Balaban J connectivity index is 1.86. The maximum Gasteiger partial charge on any atom is 0.350 e. The first kappa shape index (κ1) is 17.2. The summed E-state index contributed by atoms with van der Waals surface area (Å²) in [5, 5.41) is 3.47. The van der Waals surface area contributed by atoms with Crippen molar-refractivity contribution in [1.29, 1.82) is 0 Å². The normalized spacial score (nSPS) is 10.2. The number of aromatic nitrogens is 1. The Kier molecular flexibility index (Phi) is 5.95. The molecule has 0 aliphatic heterocycles. The molecule has 0 unspecified atom stereocenters. The first-order valence-electron chi connectivity index (χ1n) is 6.74. The maximum atomic E-state index is 11.9. The molecule has 0 aliphatic carbocycles. The van der Waals surface area contributed by atoms with Crippen LogP contribution in [0, 0.1) is 6.92 Å². The van der Waals surface area contributed by atoms with Crippen molar-refractivity contribution in [3.8, 4) is 5.75 Å². The Morgan fingerprint density at radius 1 is 1.35 bits per heavy atom. The second-order valence-corrected chi connectivity index (χ2v) is 5.91. The van der Waals surface area contributed by atoms with Gasteiger partial charge in [0.1, 0.15) is 10.6 Å². The predicted octanol–water partition coefficient (Wildman–Crippen LogP) is 3.30. The summed E-state index contributed by atoms with van der Waals surface area (Å²) in [5.74, 6) is -0.204. The van der Waals surface area contributed by atoms with Crippen LogP contribution in [0.15, 0.2) is 24.3 Å². The molecule has 1 heterocycles. The van der Waals surface area contributed by atoms with Crippen molar-refractivity contribution in [3.05, 3.63) is 39.9 Å². The van der Waals surface area contributed by atoms with E-state index in [1.807, 2.05) is 0 Å². The number of carbonyl (C=O) groups excluding carboxylic acids is 2. The van der Waals surface area contributed by atoms with Crippen molar-refractivity contribution < 1.29 is 19.1 Å². The van der Waals surface area contributed by atoms with Crippen molar-refractivity contribution in [2.45, 2.75) is 13.3 Å². The van der Waals surface area contributed by atoms with Crippen LogP contribution in [-0.2, 0) is 9.53 Å². The predicted molar refractivity (Wildman–Crippen MR) is 88.4 cm³/mol. The summed E-state index contributed by atoms with van der Waals surface area (Å²) in [4.78, 5) is 27.9. The SMILES string of the molecule is COC(=O)c1sc(NC(=O)CCOc2ccccc2Cl)nc1C. The van der Waals surface area contributed by atoms with Crippen molar-refractivity contribution in [2.75, 3.05) is 19.0 Å². The van der Waals surface area contributed by atoms with Gasteiger partial charge in [-0.15, -0.1) is 0 Å². The lowest BCUT2D eigenvalue weighted by molar-refractivity contribution is -0.116. The highest BCUT2D eigenvalue weighted by molar-refractivity contribution is 7.17. The van der Waals surface area contributed by atoms with E-state index in [-0.39, 0.29) is 18.9 Å². The molecule has 0 spiro atoms. The van der Waals surface area contributed by atoms with Gasteiger partial charge in [-0.25, -0.2) is 9.78 Å². The van der Waals surface area contributed by atoms with Gasteiger partial charge in [0.05, 0.1) is 30.9 Å². The second-order valence-electron chi connectivity index (χ2n) is 4.50. The minimum absolute atomic E-state index is 0.136. The molecule has 0 saturated carbocycles. The molecule has 122 valence electrons. The zero-order valence-electron chi connectivity index (χ0n) is 12.6. The van der Waals surface area contributed by atoms with E-state index in [9.17, 15) is 9.59 Å². The van der Waals surface area contributed by atoms with Gasteiger partial charge in [0.25, 0.3) is 0 Å². The first-order chi connectivity index (χ1) is 11.0. The van der Waals surface area contributed by atoms with Crippen LogP contribution < -0.4 is 10.1 Å². The van der Waals surface area contributed by atoms with Crippen LogP contribution in [0.3, 0.4) is 0 Å². The number of esters is 1. The molecule has 1 aromatic carbocycles. The lowest BCUT2D eigenvalue weighted by atomic mass is 10.3. The summed E-state index contributed by atoms with van der Waals surface area (Å²) >= 11 is 7.03. The van der Waals surface area contributed by atoms with Gasteiger partial charge >= 0.3 is 5.97 Å². The molecule has 23 heavy (non-hydrogen) atoms. The van der Waals surface area contributed by atoms with Gasteiger partial charge in [-0.1, -0.05) is 35.1 Å². The Morgan fingerprint density at radius 3 is 2.78 bits per heavy atom. The third-order valence-electron chi connectivity index (χ3n) is 2.84. The number of carbonyl (C=O) groups is 2. The molecule has 2 rings (SSSR count). The third-order valence-corrected chi connectivity index (χ3v) is 4.20. The monoisotopic (exact) mass is 354 g/mol. The molecule has 8 heteroatoms. The number of ether oxygens (including phenoxy) is 2. The molecular weight excluding hydrogens is 340 g/mol. The van der Waals surface area contributed by atoms with Gasteiger partial charge in [0, 0.05) is 0 Å². The largest absolute Gasteiger partial charge is 0.491 e. The highest BCUT2D eigenvalue weighted by Crippen LogP contribution is 2.24. The molecule has 1 N–H and O–H groups in total. The van der Waals surface area contributed by atoms with Gasteiger partial charge in [0.15, 0.2) is 5.13 Å². The average molecular weight is 355 g/mol. The Morgan fingerprint density at radius 2 is 2.09 bits per heavy atom. The molecular formula is C15H15ClN2O4S. The standard InChI is InChI=1S/C15H15ClN2O4S/c1-9-13(14(20)21-2)23-15(17-9)18-12(19)7-8-22-11-6-4-3-5-10(11)16/h3-6H,7-8H2,1-2H3,(H,17,18,19). The summed E-state index contributed by atoms with van der Waals surface area (Å²) in [6.07, 6.45) is 0.136. The van der Waals surface area contributed by atoms with Crippen LogP contribution in [0.2, 0.25) is 5.02 Å². The number of thiazole rings is 1. The van der Waals surface area contributed by atoms with Gasteiger partial charge in [0.2, 0.25) is 5.91 Å². The third kappa shape index (κ3) is 4.67. The highest BCUT2D eigenvalue weighted by Gasteiger charge is 2.16. The molecule has 0 radical (unpaired) electrons. The summed E-state index contributed by atoms with van der Waals surface area (Å²) < 4.78 is 10.1. The molecule has 0 fully saturated rings. The highest BCUT2D eigenvalue weighted by atomic mass is 35.5. The molecule has 0 aliphatic rings. The maximum absolute atomic E-state index is 11.9. The van der Waals surface area contributed by atoms with E-state index >= 15 is 0 Å². The number of nitrogens with one attached hydrogen (secondary N) is 1. The number of halogens is 1. The lowest BCUT2D eigenvalue weighted by Crippen LogP contribution is -2.15. The van der Waals surface area contributed by atoms with E-state index < -0.39 is 5.97 Å². The number of hydrogen-bond acceptors (Lipinski definition) is 6. The number of para-hydroxylation sites is 1. The van der Waals surface area contributed by atoms with E-state index in [4.69, 9.17) is 16.3 Å². The molecule has 0 saturated heterocycles. The van der Waals surface area contributed by atoms with Gasteiger partial charge < -0.3 is 14.8 Å². The van der Waals surface area contributed by atoms with E-state index in [0.29, 0.717) is 26.5 Å². The van der Waals surface area contributed by atoms with Crippen molar-refractivity contribution in [2.24, 2.45) is 0 Å². The fourth-order valence-corrected chi connectivity index (χ4v) is 2.82. The van der Waals surface area contributed by atoms with Crippen LogP contribution in [0.25, 0.3) is 0 Å². The van der Waals surface area contributed by atoms with Crippen LogP contribution >= 0.6 is 22.9 Å². The van der Waals surface area contributed by atoms with Gasteiger partial charge in [-0.05, 0) is 19.1 Å². The number of nitrogens with zero attached hydrogens (tertiary/aromatic N) is 1. The summed E-state index contributed by atoms with van der Waals surface area (Å²) in [5.41, 5.74) is 0.518. The molecule has 0 bridgehead atoms. The number of rotatable bonds is 6. The zero-order chi connectivity index (χ0) is 16.8. The number of benzene rings is 1. The fraction of sp³-hybridized carbons (Fsp3) is 0.267. The van der Waals surface area contributed by atoms with Crippen molar-refractivity contribution >= 4 is 39.9 Å². The second kappa shape index (κ2) is 7.94. The average Bonchev–Trinajstić information content (AvgIpc) is 2.89. The van der Waals surface area contributed by atoms with Gasteiger partial charge in [-0.3, -0.25) is 4.79 Å².